The van der Waals surface area contributed by atoms with Crippen molar-refractivity contribution in [3.8, 4) is 5.75 Å². The number of Topliss-reactive ketones (excluding diaryl/α,β-unsaturated/α-hetero) is 2. The van der Waals surface area contributed by atoms with Gasteiger partial charge in [-0.15, -0.1) is 0 Å². The van der Waals surface area contributed by atoms with E-state index in [0.717, 1.165) is 16.0 Å². The van der Waals surface area contributed by atoms with Gasteiger partial charge in [-0.3, -0.25) is 33.6 Å². The molecule has 3 aliphatic heterocycles. The van der Waals surface area contributed by atoms with Crippen molar-refractivity contribution in [1.82, 2.24) is 26.2 Å². The highest BCUT2D eigenvalue weighted by Gasteiger charge is 2.64. The molecule has 0 aliphatic carbocycles. The van der Waals surface area contributed by atoms with Crippen LogP contribution >= 0.6 is 23.8 Å². The molecular weight excluding hydrogens is 1210 g/mol. The Kier molecular flexibility index (Phi) is 27.9. The number of esters is 2. The maximum atomic E-state index is 14.6. The highest BCUT2D eigenvalue weighted by atomic mass is 35.5. The van der Waals surface area contributed by atoms with Crippen molar-refractivity contribution in [2.45, 2.75) is 154 Å². The summed E-state index contributed by atoms with van der Waals surface area (Å²) in [5, 5.41) is 23.3. The molecular formula is C64H90ClN7O17S. The highest BCUT2D eigenvalue weighted by molar-refractivity contribution is 7.80. The van der Waals surface area contributed by atoms with Crippen LogP contribution in [0.1, 0.15) is 125 Å². The summed E-state index contributed by atoms with van der Waals surface area (Å²) in [6.07, 6.45) is 1.35. The first-order valence-corrected chi connectivity index (χ1v) is 31.0. The molecule has 3 heterocycles. The third-order valence-corrected chi connectivity index (χ3v) is 17.4. The van der Waals surface area contributed by atoms with Crippen LogP contribution in [0.4, 0.5) is 10.5 Å². The number of urea groups is 1. The smallest absolute Gasteiger partial charge is 0.328 e. The Morgan fingerprint density at radius 1 is 1.00 bits per heavy atom. The van der Waals surface area contributed by atoms with Gasteiger partial charge in [-0.2, -0.15) is 0 Å². The van der Waals surface area contributed by atoms with Crippen molar-refractivity contribution in [2.24, 2.45) is 23.5 Å². The minimum Gasteiger partial charge on any atom is -0.495 e. The number of ether oxygens (including phenoxy) is 7. The number of methoxy groups -OCH3 is 2. The Hall–Kier alpha value is -6.87. The van der Waals surface area contributed by atoms with Crippen molar-refractivity contribution in [3.63, 3.8) is 0 Å². The Labute approximate surface area is 537 Å². The molecule has 2 aromatic rings. The Balaban J connectivity index is 1.37. The van der Waals surface area contributed by atoms with Crippen LogP contribution in [0.15, 0.2) is 54.1 Å². The van der Waals surface area contributed by atoms with Crippen molar-refractivity contribution in [3.05, 3.63) is 81.4 Å². The first-order chi connectivity index (χ1) is 42.5. The molecule has 2 saturated heterocycles. The van der Waals surface area contributed by atoms with E-state index in [-0.39, 0.29) is 78.5 Å². The van der Waals surface area contributed by atoms with Gasteiger partial charge in [0.2, 0.25) is 11.8 Å². The fourth-order valence-corrected chi connectivity index (χ4v) is 11.6. The normalized spacial score (nSPS) is 23.7. The van der Waals surface area contributed by atoms with Crippen molar-refractivity contribution in [2.75, 3.05) is 79.8 Å². The number of likely N-dealkylation sites (N-methyl/N-ethyl adjacent to an activating group) is 1. The van der Waals surface area contributed by atoms with E-state index in [4.69, 9.17) is 62.7 Å². The van der Waals surface area contributed by atoms with Gasteiger partial charge in [-0.05, 0) is 88.3 Å². The molecule has 496 valence electrons. The number of nitrogens with one attached hydrogen (secondary N) is 4. The monoisotopic (exact) mass is 1300 g/mol. The summed E-state index contributed by atoms with van der Waals surface area (Å²) in [5.41, 5.74) is 4.32. The Morgan fingerprint density at radius 3 is 2.34 bits per heavy atom. The van der Waals surface area contributed by atoms with E-state index >= 15 is 0 Å². The molecule has 3 aliphatic rings. The predicted molar refractivity (Wildman–Crippen MR) is 339 cm³/mol. The molecule has 6 amide bonds. The number of primary amides is 1. The second-order valence-corrected chi connectivity index (χ2v) is 24.7. The Morgan fingerprint density at radius 2 is 1.70 bits per heavy atom. The number of allylic oxidation sites excluding steroid dienone is 3. The fourth-order valence-electron chi connectivity index (χ4n) is 11.0. The molecule has 4 bridgehead atoms. The van der Waals surface area contributed by atoms with Crippen molar-refractivity contribution in [1.29, 1.82) is 0 Å². The molecule has 90 heavy (non-hydrogen) atoms. The number of hydrogen-bond donors (Lipinski definition) is 6. The van der Waals surface area contributed by atoms with Crippen LogP contribution in [0, 0.1) is 17.8 Å². The molecule has 7 N–H and O–H groups in total. The Bertz CT molecular complexity index is 3020. The molecule has 0 unspecified atom stereocenters. The number of anilines is 1. The lowest BCUT2D eigenvalue weighted by Gasteiger charge is -2.41. The minimum absolute atomic E-state index is 0.0343. The van der Waals surface area contributed by atoms with Crippen LogP contribution in [-0.2, 0) is 70.0 Å². The largest absolute Gasteiger partial charge is 0.495 e. The summed E-state index contributed by atoms with van der Waals surface area (Å²) in [5.74, 6) is -5.57. The van der Waals surface area contributed by atoms with E-state index < -0.39 is 113 Å². The van der Waals surface area contributed by atoms with Crippen LogP contribution in [0.3, 0.4) is 0 Å². The number of nitrogens with zero attached hydrogens (tertiary/aromatic N) is 2. The molecule has 0 saturated carbocycles. The molecule has 24 nitrogen and oxygen atoms in total. The van der Waals surface area contributed by atoms with Crippen LogP contribution in [-0.4, -0.2) is 191 Å². The number of carbonyl (C=O) groups excluding carboxylic acids is 9. The molecule has 26 heteroatoms. The maximum absolute atomic E-state index is 14.6. The molecule has 0 radical (unpaired) electrons. The number of fused-ring (bicyclic) bond motifs is 5. The topological polar surface area (TPSA) is 322 Å². The lowest BCUT2D eigenvalue weighted by molar-refractivity contribution is -0.187. The number of benzene rings is 2. The summed E-state index contributed by atoms with van der Waals surface area (Å²) >= 11 is 12.5. The molecule has 5 rings (SSSR count). The second-order valence-electron chi connectivity index (χ2n) is 23.8. The van der Waals surface area contributed by atoms with Gasteiger partial charge in [0.15, 0.2) is 5.78 Å². The summed E-state index contributed by atoms with van der Waals surface area (Å²) in [6.45, 7) is 13.7. The maximum Gasteiger partial charge on any atom is 0.328 e. The van der Waals surface area contributed by atoms with Gasteiger partial charge in [0, 0.05) is 90.0 Å². The van der Waals surface area contributed by atoms with Gasteiger partial charge in [0.05, 0.1) is 69.2 Å². The fraction of sp³-hybridized carbons (Fsp3) is 0.594. The zero-order chi connectivity index (χ0) is 66.8. The first-order valence-electron chi connectivity index (χ1n) is 30.2. The summed E-state index contributed by atoms with van der Waals surface area (Å²) in [7, 11) is 7.15. The highest BCUT2D eigenvalue weighted by Crippen LogP contribution is 2.50. The number of ketones is 2. The number of aliphatic hydroxyl groups is 1. The number of rotatable bonds is 28. The number of nitrogens with two attached hydrogens (primary N) is 1. The number of amides is 6. The van der Waals surface area contributed by atoms with Crippen LogP contribution < -0.4 is 36.6 Å². The van der Waals surface area contributed by atoms with Gasteiger partial charge in [0.25, 0.3) is 11.8 Å². The SMILES string of the molecule is CNC(=O)c1cc(C(=O)N(C)[C@@H](C)C(=O)O[C@H]2CC(=O)N(C)c3cc(cc(OC)c3Cl)C/C(C)=C/C=C/[C@@H](OC)[C@]3(O)CC(=O)O[C@@H](C3)[C@@H](C)[C@@H]3O[C@@]23C)ccc1CC(=O)[C@H](CCCNC(N)=O)NC(=O)[C@@H](CC(=S)NCCOCCOCCC(C)=O)C(C)C. The van der Waals surface area contributed by atoms with E-state index in [2.05, 4.69) is 21.3 Å². The predicted octanol–water partition coefficient (Wildman–Crippen LogP) is 5.07. The lowest BCUT2D eigenvalue weighted by Crippen LogP contribution is -2.53. The van der Waals surface area contributed by atoms with Crippen molar-refractivity contribution < 1.29 is 81.4 Å². The zero-order valence-electron chi connectivity index (χ0n) is 53.7. The molecule has 0 aromatic heterocycles. The van der Waals surface area contributed by atoms with Crippen LogP contribution in [0.2, 0.25) is 5.02 Å². The number of thiocarbonyl (C=S) groups is 1. The third-order valence-electron chi connectivity index (χ3n) is 16.7. The second kappa shape index (κ2) is 34.0. The molecule has 2 fully saturated rings. The number of carbonyl (C=O) groups is 9. The van der Waals surface area contributed by atoms with E-state index in [9.17, 15) is 48.3 Å². The van der Waals surface area contributed by atoms with Gasteiger partial charge in [-0.1, -0.05) is 74.5 Å². The molecule has 2 aromatic carbocycles. The van der Waals surface area contributed by atoms with Crippen molar-refractivity contribution >= 4 is 87.7 Å². The van der Waals surface area contributed by atoms with Crippen LogP contribution in [0.5, 0.6) is 5.75 Å². The first kappa shape index (κ1) is 73.9. The molecule has 0 spiro atoms. The number of halogens is 1. The summed E-state index contributed by atoms with van der Waals surface area (Å²) in [4.78, 5) is 124. The quantitative estimate of drug-likeness (QED) is 0.0280. The average Bonchev–Trinajstić information content (AvgIpc) is 1.58. The van der Waals surface area contributed by atoms with E-state index in [1.54, 1.807) is 38.1 Å². The summed E-state index contributed by atoms with van der Waals surface area (Å²) < 4.78 is 40.8. The standard InChI is InChI=1S/C64H90ClN7O17S/c1-36(2)44(32-53(90)68-22-24-86-26-25-85-23-20-38(4)73)59(78)70-46(16-14-21-69-62(66)81)48(74)31-42-18-19-43(30-45(42)58(77)67-8)60(79)71(9)40(6)61(80)88-52-33-54(75)72(10)47-28-41(29-49(83-11)56(47)65)27-37(3)15-13-17-51(84-12)64(82)34-50(87-55(76)35-64)39(5)57-63(52,7)89-57/h13,15,17-19,28-30,36,39-40,44,46,50-52,57,82H,14,16,20-27,31-35H2,1-12H3,(H,67,77)(H,68,90)(H,70,78)(H3,66,69,81)/b17-13+,37-15+/t39-,40+,44+,46+,50+,51-,52+,57+,63+,64-/m1/s1. The van der Waals surface area contributed by atoms with Gasteiger partial charge >= 0.3 is 18.0 Å². The number of epoxide rings is 1. The third kappa shape index (κ3) is 20.3. The van der Waals surface area contributed by atoms with Gasteiger partial charge in [0.1, 0.15) is 52.1 Å². The zero-order valence-corrected chi connectivity index (χ0v) is 55.2. The molecule has 10 atom stereocenters. The van der Waals surface area contributed by atoms with Gasteiger partial charge < -0.3 is 75.1 Å². The lowest BCUT2D eigenvalue weighted by atomic mass is 9.78. The van der Waals surface area contributed by atoms with Crippen LogP contribution in [0.25, 0.3) is 0 Å². The van der Waals surface area contributed by atoms with Gasteiger partial charge in [-0.25, -0.2) is 9.59 Å². The minimum atomic E-state index is -1.68. The average molecular weight is 1300 g/mol. The van der Waals surface area contributed by atoms with E-state index in [1.165, 1.54) is 72.3 Å². The summed E-state index contributed by atoms with van der Waals surface area (Å²) in [6, 6.07) is 4.46. The number of hydrogen-bond acceptors (Lipinski definition) is 18. The van der Waals surface area contributed by atoms with E-state index in [1.807, 2.05) is 26.8 Å². The van der Waals surface area contributed by atoms with E-state index in [0.29, 0.717) is 62.2 Å².